The molecular weight excluding hydrogens is 422 g/mol. The number of anilines is 1. The van der Waals surface area contributed by atoms with Crippen LogP contribution in [-0.4, -0.2) is 27.9 Å². The van der Waals surface area contributed by atoms with Gasteiger partial charge in [-0.1, -0.05) is 0 Å². The zero-order chi connectivity index (χ0) is 21.3. The highest BCUT2D eigenvalue weighted by atomic mass is 32.2. The minimum absolute atomic E-state index is 0.277. The Labute approximate surface area is 178 Å². The van der Waals surface area contributed by atoms with Crippen LogP contribution >= 0.6 is 11.3 Å². The lowest BCUT2D eigenvalue weighted by molar-refractivity contribution is 0.459. The molecule has 3 aromatic heterocycles. The molecule has 0 radical (unpaired) electrons. The summed E-state index contributed by atoms with van der Waals surface area (Å²) in [7, 11) is -3.61. The van der Waals surface area contributed by atoms with Crippen LogP contribution in [-0.2, 0) is 10.0 Å². The van der Waals surface area contributed by atoms with Crippen LogP contribution in [0.4, 0.5) is 5.69 Å². The minimum Gasteiger partial charge on any atom is -0.439 e. The van der Waals surface area contributed by atoms with Gasteiger partial charge in [-0.25, -0.2) is 18.4 Å². The van der Waals surface area contributed by atoms with Crippen molar-refractivity contribution in [2.24, 2.45) is 0 Å². The van der Waals surface area contributed by atoms with Crippen molar-refractivity contribution in [3.63, 3.8) is 0 Å². The van der Waals surface area contributed by atoms with Gasteiger partial charge in [0, 0.05) is 29.0 Å². The normalized spacial score (nSPS) is 11.4. The molecule has 0 aliphatic heterocycles. The van der Waals surface area contributed by atoms with Gasteiger partial charge in [-0.2, -0.15) is 4.98 Å². The number of thiophene rings is 1. The van der Waals surface area contributed by atoms with Gasteiger partial charge < -0.3 is 4.74 Å². The van der Waals surface area contributed by atoms with Gasteiger partial charge >= 0.3 is 0 Å². The second kappa shape index (κ2) is 7.88. The van der Waals surface area contributed by atoms with Crippen molar-refractivity contribution in [2.45, 2.75) is 25.0 Å². The Morgan fingerprint density at radius 3 is 2.43 bits per heavy atom. The average molecular weight is 442 g/mol. The second-order valence-electron chi connectivity index (χ2n) is 6.55. The summed E-state index contributed by atoms with van der Waals surface area (Å²) in [6.45, 7) is 5.53. The number of aryl methyl sites for hydroxylation is 3. The summed E-state index contributed by atoms with van der Waals surface area (Å²) in [5.74, 6) is 2.93. The largest absolute Gasteiger partial charge is 0.439 e. The highest BCUT2D eigenvalue weighted by molar-refractivity contribution is 7.94. The van der Waals surface area contributed by atoms with E-state index in [2.05, 4.69) is 19.7 Å². The van der Waals surface area contributed by atoms with E-state index in [1.54, 1.807) is 55.6 Å². The van der Waals surface area contributed by atoms with Crippen molar-refractivity contribution in [3.8, 4) is 17.4 Å². The molecule has 1 aromatic carbocycles. The lowest BCUT2D eigenvalue weighted by Crippen LogP contribution is -2.11. The van der Waals surface area contributed by atoms with Gasteiger partial charge in [0.2, 0.25) is 5.88 Å². The summed E-state index contributed by atoms with van der Waals surface area (Å²) in [5.41, 5.74) is 0.446. The number of rotatable bonds is 6. The summed E-state index contributed by atoms with van der Waals surface area (Å²) in [6.07, 6.45) is 3.52. The van der Waals surface area contributed by atoms with Crippen LogP contribution in [0.3, 0.4) is 0 Å². The number of imidazole rings is 1. The van der Waals surface area contributed by atoms with Gasteiger partial charge in [0.1, 0.15) is 27.4 Å². The molecule has 0 spiro atoms. The molecule has 0 saturated carbocycles. The number of sulfonamides is 1. The molecule has 8 nitrogen and oxygen atoms in total. The molecule has 0 atom stereocenters. The fourth-order valence-electron chi connectivity index (χ4n) is 2.79. The van der Waals surface area contributed by atoms with Gasteiger partial charge in [-0.15, -0.1) is 11.3 Å². The first-order valence-corrected chi connectivity index (χ1v) is 11.3. The first kappa shape index (κ1) is 20.0. The molecule has 0 fully saturated rings. The fourth-order valence-corrected chi connectivity index (χ4v) is 5.14. The third-order valence-electron chi connectivity index (χ3n) is 4.18. The first-order chi connectivity index (χ1) is 14.3. The summed E-state index contributed by atoms with van der Waals surface area (Å²) < 4.78 is 35.4. The van der Waals surface area contributed by atoms with Crippen molar-refractivity contribution < 1.29 is 13.2 Å². The Morgan fingerprint density at radius 2 is 1.80 bits per heavy atom. The molecule has 3 heterocycles. The van der Waals surface area contributed by atoms with Crippen LogP contribution in [0, 0.1) is 20.8 Å². The molecule has 4 aromatic rings. The van der Waals surface area contributed by atoms with E-state index in [0.717, 1.165) is 10.7 Å². The third kappa shape index (κ3) is 4.34. The lowest BCUT2D eigenvalue weighted by Gasteiger charge is -2.10. The van der Waals surface area contributed by atoms with Gasteiger partial charge in [-0.3, -0.25) is 9.29 Å². The van der Waals surface area contributed by atoms with Crippen LogP contribution in [0.2, 0.25) is 0 Å². The molecule has 0 aliphatic carbocycles. The predicted molar refractivity (Wildman–Crippen MR) is 115 cm³/mol. The Hall–Kier alpha value is -3.24. The molecule has 0 amide bonds. The number of hydrogen-bond donors (Lipinski definition) is 1. The first-order valence-electron chi connectivity index (χ1n) is 9.03. The van der Waals surface area contributed by atoms with E-state index in [1.165, 1.54) is 11.3 Å². The summed E-state index contributed by atoms with van der Waals surface area (Å²) in [6, 6.07) is 11.7. The molecule has 0 unspecified atom stereocenters. The predicted octanol–water partition coefficient (Wildman–Crippen LogP) is 4.24. The SMILES string of the molecule is Cc1nc(Oc2ccc(NS(=O)(=O)c3ccc(C)s3)cc2)cc(-n2ccnc2C)n1. The Kier molecular flexibility index (Phi) is 5.27. The number of hydrogen-bond acceptors (Lipinski definition) is 7. The van der Waals surface area contributed by atoms with E-state index in [4.69, 9.17) is 4.74 Å². The van der Waals surface area contributed by atoms with Gasteiger partial charge in [0.25, 0.3) is 10.0 Å². The van der Waals surface area contributed by atoms with Crippen LogP contribution in [0.1, 0.15) is 16.5 Å². The molecule has 1 N–H and O–H groups in total. The maximum absolute atomic E-state index is 12.4. The molecule has 30 heavy (non-hydrogen) atoms. The van der Waals surface area contributed by atoms with Crippen LogP contribution < -0.4 is 9.46 Å². The lowest BCUT2D eigenvalue weighted by atomic mass is 10.3. The molecule has 0 aliphatic rings. The highest BCUT2D eigenvalue weighted by Crippen LogP contribution is 2.26. The van der Waals surface area contributed by atoms with E-state index in [-0.39, 0.29) is 4.21 Å². The standard InChI is InChI=1S/C20H19N5O3S2/c1-13-4-9-20(29-13)30(26,27)24-16-5-7-17(8-6-16)28-19-12-18(22-14(2)23-19)25-11-10-21-15(25)3/h4-12,24H,1-3H3. The monoisotopic (exact) mass is 441 g/mol. The number of ether oxygens (including phenoxy) is 1. The summed E-state index contributed by atoms with van der Waals surface area (Å²) in [4.78, 5) is 13.9. The van der Waals surface area contributed by atoms with Gasteiger partial charge in [0.15, 0.2) is 0 Å². The van der Waals surface area contributed by atoms with Crippen molar-refractivity contribution in [1.29, 1.82) is 0 Å². The van der Waals surface area contributed by atoms with Crippen LogP contribution in [0.5, 0.6) is 11.6 Å². The quantitative estimate of drug-likeness (QED) is 0.480. The van der Waals surface area contributed by atoms with Crippen LogP contribution in [0.15, 0.2) is 59.1 Å². The van der Waals surface area contributed by atoms with Gasteiger partial charge in [-0.05, 0) is 57.2 Å². The Balaban J connectivity index is 1.52. The van der Waals surface area contributed by atoms with Gasteiger partial charge in [0.05, 0.1) is 0 Å². The van der Waals surface area contributed by atoms with Crippen molar-refractivity contribution in [1.82, 2.24) is 19.5 Å². The Morgan fingerprint density at radius 1 is 1.03 bits per heavy atom. The topological polar surface area (TPSA) is 99.0 Å². The number of aromatic nitrogens is 4. The number of nitrogens with zero attached hydrogens (tertiary/aromatic N) is 4. The van der Waals surface area contributed by atoms with E-state index >= 15 is 0 Å². The zero-order valence-corrected chi connectivity index (χ0v) is 18.2. The second-order valence-corrected chi connectivity index (χ2v) is 9.75. The maximum atomic E-state index is 12.4. The maximum Gasteiger partial charge on any atom is 0.271 e. The zero-order valence-electron chi connectivity index (χ0n) is 16.5. The average Bonchev–Trinajstić information content (AvgIpc) is 3.31. The summed E-state index contributed by atoms with van der Waals surface area (Å²) in [5, 5.41) is 0. The van der Waals surface area contributed by atoms with E-state index in [0.29, 0.717) is 29.0 Å². The molecule has 154 valence electrons. The highest BCUT2D eigenvalue weighted by Gasteiger charge is 2.16. The van der Waals surface area contributed by atoms with Crippen molar-refractivity contribution in [2.75, 3.05) is 4.72 Å². The van der Waals surface area contributed by atoms with Crippen molar-refractivity contribution in [3.05, 3.63) is 71.4 Å². The molecule has 4 rings (SSSR count). The van der Waals surface area contributed by atoms with E-state index in [1.807, 2.05) is 24.6 Å². The molecular formula is C20H19N5O3S2. The minimum atomic E-state index is -3.61. The van der Waals surface area contributed by atoms with Crippen molar-refractivity contribution >= 4 is 27.0 Å². The summed E-state index contributed by atoms with van der Waals surface area (Å²) >= 11 is 1.23. The fraction of sp³-hybridized carbons (Fsp3) is 0.150. The molecule has 0 saturated heterocycles. The Bertz CT molecular complexity index is 1290. The van der Waals surface area contributed by atoms with E-state index < -0.39 is 10.0 Å². The smallest absolute Gasteiger partial charge is 0.271 e. The van der Waals surface area contributed by atoms with E-state index in [9.17, 15) is 8.42 Å². The third-order valence-corrected chi connectivity index (χ3v) is 7.06. The molecule has 10 heteroatoms. The molecule has 0 bridgehead atoms. The number of benzene rings is 1. The van der Waals surface area contributed by atoms with Crippen LogP contribution in [0.25, 0.3) is 5.82 Å². The number of nitrogens with one attached hydrogen (secondary N) is 1.